The van der Waals surface area contributed by atoms with Crippen LogP contribution in [0.1, 0.15) is 33.1 Å². The molecule has 0 fully saturated rings. The molecule has 182 valence electrons. The van der Waals surface area contributed by atoms with Gasteiger partial charge in [-0.3, -0.25) is 9.69 Å². The van der Waals surface area contributed by atoms with Crippen molar-refractivity contribution < 1.29 is 29.2 Å². The van der Waals surface area contributed by atoms with Crippen LogP contribution in [-0.2, 0) is 12.8 Å². The Balaban J connectivity index is 1.77. The minimum absolute atomic E-state index is 0.0228. The van der Waals surface area contributed by atoms with Crippen LogP contribution in [0.2, 0.25) is 0 Å². The highest BCUT2D eigenvalue weighted by atomic mass is 16.5. The lowest BCUT2D eigenvalue weighted by Gasteiger charge is -2.41. The number of para-hydroxylation sites is 1. The summed E-state index contributed by atoms with van der Waals surface area (Å²) in [5.74, 6) is 0.728. The molecule has 1 aliphatic heterocycles. The van der Waals surface area contributed by atoms with E-state index in [-0.39, 0.29) is 28.9 Å². The van der Waals surface area contributed by atoms with E-state index in [4.69, 9.17) is 14.2 Å². The average molecular weight is 477 g/mol. The van der Waals surface area contributed by atoms with Crippen molar-refractivity contribution in [1.29, 1.82) is 0 Å². The number of methoxy groups -OCH3 is 3. The van der Waals surface area contributed by atoms with Crippen LogP contribution in [0.4, 0.5) is 5.69 Å². The van der Waals surface area contributed by atoms with Crippen LogP contribution < -0.4 is 19.5 Å². The number of ether oxygens (including phenoxy) is 3. The minimum atomic E-state index is -0.459. The summed E-state index contributed by atoms with van der Waals surface area (Å²) >= 11 is 0. The van der Waals surface area contributed by atoms with Crippen molar-refractivity contribution in [2.75, 3.05) is 40.2 Å². The molecule has 3 N–H and O–H groups in total. The molecule has 0 unspecified atom stereocenters. The number of carbonyl (C=O) groups is 1. The molecule has 8 heteroatoms. The predicted molar refractivity (Wildman–Crippen MR) is 132 cm³/mol. The maximum Gasteiger partial charge on any atom is 0.259 e. The van der Waals surface area contributed by atoms with Crippen molar-refractivity contribution in [2.24, 2.45) is 0 Å². The van der Waals surface area contributed by atoms with Gasteiger partial charge in [-0.05, 0) is 54.8 Å². The first-order valence-corrected chi connectivity index (χ1v) is 11.4. The quantitative estimate of drug-likeness (QED) is 0.476. The van der Waals surface area contributed by atoms with Gasteiger partial charge in [0.2, 0.25) is 0 Å². The smallest absolute Gasteiger partial charge is 0.259 e. The number of amides is 1. The third-order valence-corrected chi connectivity index (χ3v) is 7.03. The minimum Gasteiger partial charge on any atom is -0.507 e. The van der Waals surface area contributed by atoms with Gasteiger partial charge < -0.3 is 29.7 Å². The number of nitrogens with zero attached hydrogens (tertiary/aromatic N) is 1. The van der Waals surface area contributed by atoms with Crippen molar-refractivity contribution in [3.63, 3.8) is 0 Å². The highest BCUT2D eigenvalue weighted by molar-refractivity contribution is 6.07. The van der Waals surface area contributed by atoms with Gasteiger partial charge in [0.15, 0.2) is 23.0 Å². The van der Waals surface area contributed by atoms with Gasteiger partial charge in [-0.1, -0.05) is 12.1 Å². The number of hydrogen-bond acceptors (Lipinski definition) is 7. The van der Waals surface area contributed by atoms with Crippen molar-refractivity contribution in [3.05, 3.63) is 58.7 Å². The van der Waals surface area contributed by atoms with Gasteiger partial charge in [0, 0.05) is 35.5 Å². The van der Waals surface area contributed by atoms with Crippen molar-refractivity contribution in [2.45, 2.75) is 18.9 Å². The second kappa shape index (κ2) is 8.70. The van der Waals surface area contributed by atoms with Crippen molar-refractivity contribution >= 4 is 11.6 Å². The summed E-state index contributed by atoms with van der Waals surface area (Å²) in [6.45, 7) is 0.865. The summed E-state index contributed by atoms with van der Waals surface area (Å²) in [6, 6.07) is 10.0. The Bertz CT molecular complexity index is 1340. The fourth-order valence-electron chi connectivity index (χ4n) is 5.31. The first-order valence-electron chi connectivity index (χ1n) is 11.4. The Kier molecular flexibility index (Phi) is 5.68. The Hall–Kier alpha value is -3.91. The number of likely N-dealkylation sites (N-methyl/N-ethyl adjacent to an activating group) is 1. The average Bonchev–Trinajstić information content (AvgIpc) is 2.87. The molecule has 2 aliphatic rings. The van der Waals surface area contributed by atoms with Crippen LogP contribution in [0.5, 0.6) is 28.7 Å². The largest absolute Gasteiger partial charge is 0.507 e. The van der Waals surface area contributed by atoms with E-state index in [2.05, 4.69) is 17.3 Å². The molecule has 3 aromatic rings. The van der Waals surface area contributed by atoms with E-state index in [1.807, 2.05) is 6.07 Å². The van der Waals surface area contributed by atoms with E-state index in [0.29, 0.717) is 29.2 Å². The number of anilines is 1. The summed E-state index contributed by atoms with van der Waals surface area (Å²) in [7, 11) is 6.71. The lowest BCUT2D eigenvalue weighted by molar-refractivity contribution is 0.102. The SMILES string of the molecule is COc1cc(NC(=O)c2ccccc2O)c2c(c1O)-c1c(OC)c(OC)cc3c1[C@H](C2)N(C)CC3. The van der Waals surface area contributed by atoms with E-state index in [0.717, 1.165) is 35.2 Å². The highest BCUT2D eigenvalue weighted by Gasteiger charge is 2.39. The van der Waals surface area contributed by atoms with Crippen LogP contribution in [0.3, 0.4) is 0 Å². The molecule has 35 heavy (non-hydrogen) atoms. The molecule has 0 saturated heterocycles. The number of rotatable bonds is 5. The molecule has 0 spiro atoms. The fraction of sp³-hybridized carbons (Fsp3) is 0.296. The first kappa shape index (κ1) is 22.9. The normalized spacial score (nSPS) is 16.2. The van der Waals surface area contributed by atoms with Gasteiger partial charge in [0.1, 0.15) is 5.75 Å². The van der Waals surface area contributed by atoms with E-state index < -0.39 is 5.91 Å². The van der Waals surface area contributed by atoms with E-state index >= 15 is 0 Å². The number of nitrogens with one attached hydrogen (secondary N) is 1. The van der Waals surface area contributed by atoms with E-state index in [1.165, 1.54) is 13.2 Å². The Labute approximate surface area is 203 Å². The number of aromatic hydroxyl groups is 2. The topological polar surface area (TPSA) is 100 Å². The van der Waals surface area contributed by atoms with Crippen LogP contribution in [-0.4, -0.2) is 55.9 Å². The molecule has 1 aliphatic carbocycles. The zero-order valence-electron chi connectivity index (χ0n) is 20.1. The fourth-order valence-corrected chi connectivity index (χ4v) is 5.31. The number of carbonyl (C=O) groups excluding carboxylic acids is 1. The molecule has 8 nitrogen and oxygen atoms in total. The third kappa shape index (κ3) is 3.52. The maximum absolute atomic E-state index is 13.1. The second-order valence-corrected chi connectivity index (χ2v) is 8.81. The summed E-state index contributed by atoms with van der Waals surface area (Å²) in [5.41, 5.74) is 4.94. The van der Waals surface area contributed by atoms with Gasteiger partial charge >= 0.3 is 0 Å². The molecule has 3 aromatic carbocycles. The second-order valence-electron chi connectivity index (χ2n) is 8.81. The molecule has 5 rings (SSSR count). The maximum atomic E-state index is 13.1. The Morgan fingerprint density at radius 3 is 2.46 bits per heavy atom. The molecular weight excluding hydrogens is 448 g/mol. The van der Waals surface area contributed by atoms with Crippen LogP contribution in [0.25, 0.3) is 11.1 Å². The van der Waals surface area contributed by atoms with Crippen LogP contribution >= 0.6 is 0 Å². The molecule has 0 radical (unpaired) electrons. The zero-order valence-corrected chi connectivity index (χ0v) is 20.1. The molecule has 0 saturated carbocycles. The highest BCUT2D eigenvalue weighted by Crippen LogP contribution is 2.57. The van der Waals surface area contributed by atoms with Gasteiger partial charge in [-0.2, -0.15) is 0 Å². The molecule has 1 heterocycles. The lowest BCUT2D eigenvalue weighted by Crippen LogP contribution is -2.36. The summed E-state index contributed by atoms with van der Waals surface area (Å²) < 4.78 is 17.0. The number of benzene rings is 3. The molecule has 0 aromatic heterocycles. The van der Waals surface area contributed by atoms with Crippen molar-refractivity contribution in [3.8, 4) is 39.9 Å². The summed E-state index contributed by atoms with van der Waals surface area (Å²) in [5, 5.41) is 24.5. The molecular formula is C27H28N2O6. The van der Waals surface area contributed by atoms with Crippen LogP contribution in [0.15, 0.2) is 36.4 Å². The standard InChI is InChI=1S/C27H28N2O6/c1-29-10-9-14-11-21(34-3)26(35-4)24-22(14)18(29)12-16-17(13-20(33-2)25(31)23(16)24)28-27(32)15-7-5-6-8-19(15)30/h5-8,11,13,18,30-31H,9-10,12H2,1-4H3,(H,28,32)/t18-/m0/s1. The monoisotopic (exact) mass is 476 g/mol. The Morgan fingerprint density at radius 1 is 1.03 bits per heavy atom. The first-order chi connectivity index (χ1) is 16.9. The van der Waals surface area contributed by atoms with Gasteiger partial charge in [-0.15, -0.1) is 0 Å². The van der Waals surface area contributed by atoms with Gasteiger partial charge in [0.05, 0.1) is 26.9 Å². The molecule has 1 amide bonds. The molecule has 0 bridgehead atoms. The van der Waals surface area contributed by atoms with Crippen molar-refractivity contribution in [1.82, 2.24) is 4.90 Å². The Morgan fingerprint density at radius 2 is 1.77 bits per heavy atom. The number of fused-ring (bicyclic) bond motifs is 2. The van der Waals surface area contributed by atoms with Gasteiger partial charge in [-0.25, -0.2) is 0 Å². The predicted octanol–water partition coefficient (Wildman–Crippen LogP) is 4.13. The number of hydrogen-bond donors (Lipinski definition) is 3. The van der Waals surface area contributed by atoms with Gasteiger partial charge in [0.25, 0.3) is 5.91 Å². The third-order valence-electron chi connectivity index (χ3n) is 7.03. The van der Waals surface area contributed by atoms with E-state index in [1.54, 1.807) is 38.5 Å². The van der Waals surface area contributed by atoms with Crippen LogP contribution in [0, 0.1) is 0 Å². The molecule has 1 atom stereocenters. The summed E-state index contributed by atoms with van der Waals surface area (Å²) in [4.78, 5) is 15.4. The summed E-state index contributed by atoms with van der Waals surface area (Å²) in [6.07, 6.45) is 1.40. The number of phenols is 2. The van der Waals surface area contributed by atoms with E-state index in [9.17, 15) is 15.0 Å². The lowest BCUT2D eigenvalue weighted by atomic mass is 9.75. The number of phenolic OH excluding ortho intramolecular Hbond substituents is 2. The zero-order chi connectivity index (χ0) is 24.9.